The predicted molar refractivity (Wildman–Crippen MR) is 94.8 cm³/mol. The minimum Gasteiger partial charge on any atom is -0.302 e. The molecule has 1 saturated carbocycles. The van der Waals surface area contributed by atoms with Gasteiger partial charge in [-0.05, 0) is 54.8 Å². The molecule has 0 amide bonds. The van der Waals surface area contributed by atoms with Gasteiger partial charge in [0.05, 0.1) is 0 Å². The number of nitrogens with zero attached hydrogens (tertiary/aromatic N) is 1. The molecule has 2 fully saturated rings. The van der Waals surface area contributed by atoms with Gasteiger partial charge in [-0.2, -0.15) is 0 Å². The maximum Gasteiger partial charge on any atom is 0.0104 e. The second kappa shape index (κ2) is 5.21. The Bertz CT molecular complexity index is 703. The van der Waals surface area contributed by atoms with E-state index in [9.17, 15) is 0 Å². The molecule has 5 rings (SSSR count). The largest absolute Gasteiger partial charge is 0.302 e. The first-order chi connectivity index (χ1) is 11.3. The number of hydrogen-bond donors (Lipinski definition) is 0. The zero-order chi connectivity index (χ0) is 15.3. The van der Waals surface area contributed by atoms with Gasteiger partial charge in [0.2, 0.25) is 0 Å². The van der Waals surface area contributed by atoms with Crippen molar-refractivity contribution in [2.45, 2.75) is 37.0 Å². The second-order valence-electron chi connectivity index (χ2n) is 7.96. The fourth-order valence-electron chi connectivity index (χ4n) is 5.04. The highest BCUT2D eigenvalue weighted by Gasteiger charge is 2.48. The SMILES string of the molecule is c1ccc(C2CC3(CCN(CC4CC4)C3)c3ccccc32)cc1. The lowest BCUT2D eigenvalue weighted by Gasteiger charge is -2.26. The van der Waals surface area contributed by atoms with E-state index in [4.69, 9.17) is 0 Å². The van der Waals surface area contributed by atoms with Crippen molar-refractivity contribution in [2.24, 2.45) is 5.92 Å². The molecule has 0 radical (unpaired) electrons. The van der Waals surface area contributed by atoms with Crippen LogP contribution in [0.5, 0.6) is 0 Å². The number of rotatable bonds is 3. The summed E-state index contributed by atoms with van der Waals surface area (Å²) in [6.07, 6.45) is 5.58. The molecule has 1 spiro atoms. The lowest BCUT2D eigenvalue weighted by molar-refractivity contribution is 0.295. The monoisotopic (exact) mass is 303 g/mol. The second-order valence-corrected chi connectivity index (χ2v) is 7.96. The summed E-state index contributed by atoms with van der Waals surface area (Å²) in [7, 11) is 0. The Hall–Kier alpha value is -1.60. The molecule has 2 atom stereocenters. The molecule has 2 aliphatic carbocycles. The van der Waals surface area contributed by atoms with Gasteiger partial charge in [0.25, 0.3) is 0 Å². The first-order valence-electron chi connectivity index (χ1n) is 9.21. The Morgan fingerprint density at radius 3 is 2.57 bits per heavy atom. The van der Waals surface area contributed by atoms with Crippen LogP contribution in [0.4, 0.5) is 0 Å². The maximum atomic E-state index is 2.75. The zero-order valence-electron chi connectivity index (χ0n) is 13.7. The highest BCUT2D eigenvalue weighted by Crippen LogP contribution is 2.53. The van der Waals surface area contributed by atoms with E-state index in [0.717, 1.165) is 5.92 Å². The van der Waals surface area contributed by atoms with Crippen molar-refractivity contribution in [1.29, 1.82) is 0 Å². The first-order valence-corrected chi connectivity index (χ1v) is 9.21. The van der Waals surface area contributed by atoms with Crippen molar-refractivity contribution in [3.8, 4) is 0 Å². The van der Waals surface area contributed by atoms with Gasteiger partial charge in [0, 0.05) is 24.4 Å². The van der Waals surface area contributed by atoms with Crippen LogP contribution in [-0.4, -0.2) is 24.5 Å². The Balaban J connectivity index is 1.49. The van der Waals surface area contributed by atoms with Crippen LogP contribution in [-0.2, 0) is 5.41 Å². The van der Waals surface area contributed by atoms with Crippen molar-refractivity contribution in [3.05, 3.63) is 71.3 Å². The number of likely N-dealkylation sites (tertiary alicyclic amines) is 1. The van der Waals surface area contributed by atoms with Crippen LogP contribution in [0.15, 0.2) is 54.6 Å². The van der Waals surface area contributed by atoms with E-state index in [1.54, 1.807) is 11.1 Å². The lowest BCUT2D eigenvalue weighted by Crippen LogP contribution is -2.30. The van der Waals surface area contributed by atoms with Gasteiger partial charge in [-0.1, -0.05) is 54.6 Å². The van der Waals surface area contributed by atoms with Gasteiger partial charge < -0.3 is 4.90 Å². The predicted octanol–water partition coefficient (Wildman–Crippen LogP) is 4.58. The van der Waals surface area contributed by atoms with Crippen molar-refractivity contribution in [2.75, 3.05) is 19.6 Å². The summed E-state index contributed by atoms with van der Waals surface area (Å²) in [6.45, 7) is 3.93. The molecule has 0 aromatic heterocycles. The third kappa shape index (κ3) is 2.33. The minimum atomic E-state index is 0.409. The Labute approximate surface area is 139 Å². The molecule has 2 aromatic rings. The van der Waals surface area contributed by atoms with Crippen LogP contribution >= 0.6 is 0 Å². The third-order valence-electron chi connectivity index (χ3n) is 6.35. The molecule has 2 aromatic carbocycles. The number of hydrogen-bond acceptors (Lipinski definition) is 1. The zero-order valence-corrected chi connectivity index (χ0v) is 13.7. The summed E-state index contributed by atoms with van der Waals surface area (Å²) in [4.78, 5) is 2.75. The van der Waals surface area contributed by atoms with Crippen LogP contribution in [0.1, 0.15) is 48.3 Å². The van der Waals surface area contributed by atoms with Crippen molar-refractivity contribution >= 4 is 0 Å². The van der Waals surface area contributed by atoms with E-state index in [0.29, 0.717) is 11.3 Å². The molecule has 1 heterocycles. The summed E-state index contributed by atoms with van der Waals surface area (Å²) in [5.74, 6) is 1.60. The van der Waals surface area contributed by atoms with Gasteiger partial charge in [-0.3, -0.25) is 0 Å². The molecule has 118 valence electrons. The van der Waals surface area contributed by atoms with E-state index >= 15 is 0 Å². The summed E-state index contributed by atoms with van der Waals surface area (Å²) in [5, 5.41) is 0. The molecule has 23 heavy (non-hydrogen) atoms. The summed E-state index contributed by atoms with van der Waals surface area (Å²) in [5.41, 5.74) is 5.14. The van der Waals surface area contributed by atoms with E-state index in [1.807, 2.05) is 0 Å². The van der Waals surface area contributed by atoms with Gasteiger partial charge in [0.1, 0.15) is 0 Å². The quantitative estimate of drug-likeness (QED) is 0.802. The molecule has 2 unspecified atom stereocenters. The maximum absolute atomic E-state index is 2.75. The van der Waals surface area contributed by atoms with Crippen molar-refractivity contribution < 1.29 is 0 Å². The van der Waals surface area contributed by atoms with E-state index < -0.39 is 0 Å². The average molecular weight is 303 g/mol. The topological polar surface area (TPSA) is 3.24 Å². The van der Waals surface area contributed by atoms with Crippen LogP contribution in [0.3, 0.4) is 0 Å². The smallest absolute Gasteiger partial charge is 0.0104 e. The van der Waals surface area contributed by atoms with Crippen LogP contribution in [0.2, 0.25) is 0 Å². The molecular formula is C22H25N. The fourth-order valence-corrected chi connectivity index (χ4v) is 5.04. The van der Waals surface area contributed by atoms with Crippen LogP contribution < -0.4 is 0 Å². The molecule has 1 nitrogen and oxygen atoms in total. The Kier molecular flexibility index (Phi) is 3.12. The van der Waals surface area contributed by atoms with Crippen molar-refractivity contribution in [1.82, 2.24) is 4.90 Å². The molecule has 3 aliphatic rings. The standard InChI is InChI=1S/C22H25N/c1-2-6-18(7-3-1)20-14-22(21-9-5-4-8-19(20)21)12-13-23(16-22)15-17-10-11-17/h1-9,17,20H,10-16H2. The van der Waals surface area contributed by atoms with Gasteiger partial charge in [0.15, 0.2) is 0 Å². The number of benzene rings is 2. The van der Waals surface area contributed by atoms with E-state index in [1.165, 1.54) is 50.9 Å². The van der Waals surface area contributed by atoms with Crippen molar-refractivity contribution in [3.63, 3.8) is 0 Å². The molecular weight excluding hydrogens is 278 g/mol. The average Bonchev–Trinajstić information content (AvgIpc) is 3.24. The molecule has 1 heteroatoms. The summed E-state index contributed by atoms with van der Waals surface area (Å²) in [6, 6.07) is 20.4. The normalized spacial score (nSPS) is 30.0. The third-order valence-corrected chi connectivity index (χ3v) is 6.35. The summed E-state index contributed by atoms with van der Waals surface area (Å²) >= 11 is 0. The van der Waals surface area contributed by atoms with Gasteiger partial charge >= 0.3 is 0 Å². The van der Waals surface area contributed by atoms with Crippen LogP contribution in [0, 0.1) is 5.92 Å². The molecule has 1 aliphatic heterocycles. The van der Waals surface area contributed by atoms with E-state index in [-0.39, 0.29) is 0 Å². The first kappa shape index (κ1) is 13.8. The highest BCUT2D eigenvalue weighted by atomic mass is 15.2. The van der Waals surface area contributed by atoms with Crippen LogP contribution in [0.25, 0.3) is 0 Å². The minimum absolute atomic E-state index is 0.409. The Morgan fingerprint density at radius 2 is 1.74 bits per heavy atom. The lowest BCUT2D eigenvalue weighted by atomic mass is 9.80. The van der Waals surface area contributed by atoms with Gasteiger partial charge in [-0.15, -0.1) is 0 Å². The fraction of sp³-hybridized carbons (Fsp3) is 0.455. The van der Waals surface area contributed by atoms with E-state index in [2.05, 4.69) is 59.5 Å². The molecule has 1 saturated heterocycles. The molecule has 0 N–H and O–H groups in total. The number of fused-ring (bicyclic) bond motifs is 2. The summed E-state index contributed by atoms with van der Waals surface area (Å²) < 4.78 is 0. The highest BCUT2D eigenvalue weighted by molar-refractivity contribution is 5.48. The molecule has 0 bridgehead atoms. The van der Waals surface area contributed by atoms with Gasteiger partial charge in [-0.25, -0.2) is 0 Å². The Morgan fingerprint density at radius 1 is 0.957 bits per heavy atom.